The highest BCUT2D eigenvalue weighted by molar-refractivity contribution is 6.31. The normalized spacial score (nSPS) is 11.0. The number of carbonyl (C=O) groups is 2. The van der Waals surface area contributed by atoms with Gasteiger partial charge in [0.15, 0.2) is 0 Å². The summed E-state index contributed by atoms with van der Waals surface area (Å²) in [6.07, 6.45) is 1.04. The van der Waals surface area contributed by atoms with Crippen LogP contribution in [0.2, 0.25) is 5.02 Å². The van der Waals surface area contributed by atoms with E-state index in [9.17, 15) is 9.59 Å². The average Bonchev–Trinajstić information content (AvgIpc) is 2.57. The lowest BCUT2D eigenvalue weighted by molar-refractivity contribution is -0.115. The van der Waals surface area contributed by atoms with Crippen molar-refractivity contribution in [3.63, 3.8) is 0 Å². The molecule has 0 fully saturated rings. The second-order valence-electron chi connectivity index (χ2n) is 6.59. The lowest BCUT2D eigenvalue weighted by Gasteiger charge is -2.24. The molecule has 0 spiro atoms. The molecule has 0 unspecified atom stereocenters. The van der Waals surface area contributed by atoms with E-state index in [1.165, 1.54) is 0 Å². The third kappa shape index (κ3) is 5.61. The van der Waals surface area contributed by atoms with Crippen LogP contribution in [0.4, 0.5) is 5.69 Å². The molecule has 132 valence electrons. The molecule has 0 aliphatic rings. The first-order valence-corrected chi connectivity index (χ1v) is 8.64. The van der Waals surface area contributed by atoms with Gasteiger partial charge in [0.25, 0.3) is 5.91 Å². The van der Waals surface area contributed by atoms with E-state index in [1.54, 1.807) is 30.3 Å². The van der Waals surface area contributed by atoms with Crippen LogP contribution in [0.1, 0.15) is 43.1 Å². The van der Waals surface area contributed by atoms with Crippen molar-refractivity contribution in [2.24, 2.45) is 0 Å². The number of halogens is 1. The number of amides is 2. The number of hydrogen-bond acceptors (Lipinski definition) is 2. The molecule has 5 heteroatoms. The molecule has 2 aromatic carbocycles. The van der Waals surface area contributed by atoms with Crippen LogP contribution in [0.15, 0.2) is 48.5 Å². The predicted molar refractivity (Wildman–Crippen MR) is 102 cm³/mol. The van der Waals surface area contributed by atoms with E-state index >= 15 is 0 Å². The van der Waals surface area contributed by atoms with Crippen molar-refractivity contribution in [3.8, 4) is 0 Å². The molecule has 0 saturated heterocycles. The van der Waals surface area contributed by atoms with E-state index in [2.05, 4.69) is 10.6 Å². The second-order valence-corrected chi connectivity index (χ2v) is 6.99. The Bertz CT molecular complexity index is 755. The van der Waals surface area contributed by atoms with Gasteiger partial charge >= 0.3 is 0 Å². The number of hydrogen-bond donors (Lipinski definition) is 2. The molecule has 0 aliphatic carbocycles. The molecule has 0 aliphatic heterocycles. The quantitative estimate of drug-likeness (QED) is 0.802. The maximum absolute atomic E-state index is 12.2. The zero-order chi connectivity index (χ0) is 18.4. The topological polar surface area (TPSA) is 58.2 Å². The summed E-state index contributed by atoms with van der Waals surface area (Å²) in [4.78, 5) is 24.3. The Hall–Kier alpha value is -2.33. The first kappa shape index (κ1) is 19.0. The minimum atomic E-state index is -0.251. The molecule has 0 saturated carbocycles. The summed E-state index contributed by atoms with van der Waals surface area (Å²) >= 11 is 6.07. The van der Waals surface area contributed by atoms with E-state index in [-0.39, 0.29) is 23.8 Å². The minimum Gasteiger partial charge on any atom is -0.347 e. The van der Waals surface area contributed by atoms with E-state index in [0.29, 0.717) is 16.3 Å². The van der Waals surface area contributed by atoms with Crippen LogP contribution in [0.3, 0.4) is 0 Å². The third-order valence-corrected chi connectivity index (χ3v) is 4.44. The molecule has 4 nitrogen and oxygen atoms in total. The lowest BCUT2D eigenvalue weighted by Crippen LogP contribution is -2.42. The maximum Gasteiger partial charge on any atom is 0.251 e. The van der Waals surface area contributed by atoms with Crippen LogP contribution in [-0.4, -0.2) is 17.4 Å². The summed E-state index contributed by atoms with van der Waals surface area (Å²) < 4.78 is 0. The number of carbonyl (C=O) groups excluding carboxylic acids is 2. The van der Waals surface area contributed by atoms with Gasteiger partial charge in [0.1, 0.15) is 0 Å². The Morgan fingerprint density at radius 3 is 2.28 bits per heavy atom. The SMILES string of the molecule is CCC(C)(C)NC(=O)c1ccc(NC(=O)Cc2ccccc2Cl)cc1. The van der Waals surface area contributed by atoms with Gasteiger partial charge in [-0.2, -0.15) is 0 Å². The smallest absolute Gasteiger partial charge is 0.251 e. The molecule has 2 N–H and O–H groups in total. The average molecular weight is 359 g/mol. The van der Waals surface area contributed by atoms with E-state index in [0.717, 1.165) is 12.0 Å². The number of anilines is 1. The molecule has 0 radical (unpaired) electrons. The van der Waals surface area contributed by atoms with Gasteiger partial charge in [-0.3, -0.25) is 9.59 Å². The van der Waals surface area contributed by atoms with Gasteiger partial charge in [-0.1, -0.05) is 36.7 Å². The molecular weight excluding hydrogens is 336 g/mol. The van der Waals surface area contributed by atoms with Crippen LogP contribution in [0.25, 0.3) is 0 Å². The Morgan fingerprint density at radius 1 is 1.04 bits per heavy atom. The maximum atomic E-state index is 12.2. The molecule has 0 heterocycles. The first-order valence-electron chi connectivity index (χ1n) is 8.26. The highest BCUT2D eigenvalue weighted by Crippen LogP contribution is 2.17. The third-order valence-electron chi connectivity index (χ3n) is 4.08. The summed E-state index contributed by atoms with van der Waals surface area (Å²) in [5.74, 6) is -0.279. The Morgan fingerprint density at radius 2 is 1.68 bits per heavy atom. The summed E-state index contributed by atoms with van der Waals surface area (Å²) in [5.41, 5.74) is 1.73. The van der Waals surface area contributed by atoms with Gasteiger partial charge in [-0.25, -0.2) is 0 Å². The van der Waals surface area contributed by atoms with Gasteiger partial charge in [-0.05, 0) is 56.2 Å². The molecule has 0 atom stereocenters. The Balaban J connectivity index is 1.97. The first-order chi connectivity index (χ1) is 11.8. The molecule has 0 aromatic heterocycles. The fourth-order valence-corrected chi connectivity index (χ4v) is 2.40. The van der Waals surface area contributed by atoms with Crippen LogP contribution in [0, 0.1) is 0 Å². The number of benzene rings is 2. The van der Waals surface area contributed by atoms with Crippen molar-refractivity contribution >= 4 is 29.1 Å². The van der Waals surface area contributed by atoms with Crippen LogP contribution < -0.4 is 10.6 Å². The largest absolute Gasteiger partial charge is 0.347 e. The Kier molecular flexibility index (Phi) is 6.21. The van der Waals surface area contributed by atoms with Gasteiger partial charge < -0.3 is 10.6 Å². The van der Waals surface area contributed by atoms with Crippen molar-refractivity contribution < 1.29 is 9.59 Å². The second kappa shape index (κ2) is 8.17. The van der Waals surface area contributed by atoms with Gasteiger partial charge in [0.05, 0.1) is 6.42 Å². The molecular formula is C20H23ClN2O2. The number of nitrogens with one attached hydrogen (secondary N) is 2. The summed E-state index contributed by atoms with van der Waals surface area (Å²) in [6, 6.07) is 14.1. The van der Waals surface area contributed by atoms with Crippen LogP contribution in [0.5, 0.6) is 0 Å². The van der Waals surface area contributed by atoms with Crippen LogP contribution in [-0.2, 0) is 11.2 Å². The van der Waals surface area contributed by atoms with Gasteiger partial charge in [0, 0.05) is 21.8 Å². The fraction of sp³-hybridized carbons (Fsp3) is 0.300. The van der Waals surface area contributed by atoms with Crippen molar-refractivity contribution in [2.75, 3.05) is 5.32 Å². The van der Waals surface area contributed by atoms with Crippen molar-refractivity contribution in [3.05, 3.63) is 64.7 Å². The molecule has 2 aromatic rings. The number of rotatable bonds is 6. The van der Waals surface area contributed by atoms with Gasteiger partial charge in [-0.15, -0.1) is 0 Å². The fourth-order valence-electron chi connectivity index (χ4n) is 2.19. The van der Waals surface area contributed by atoms with Crippen molar-refractivity contribution in [1.29, 1.82) is 0 Å². The zero-order valence-corrected chi connectivity index (χ0v) is 15.5. The zero-order valence-electron chi connectivity index (χ0n) is 14.7. The molecule has 0 bridgehead atoms. The minimum absolute atomic E-state index is 0.124. The van der Waals surface area contributed by atoms with E-state index < -0.39 is 0 Å². The van der Waals surface area contributed by atoms with Crippen LogP contribution >= 0.6 is 11.6 Å². The molecule has 2 rings (SSSR count). The standard InChI is InChI=1S/C20H23ClN2O2/c1-4-20(2,3)23-19(25)14-9-11-16(12-10-14)22-18(24)13-15-7-5-6-8-17(15)21/h5-12H,4,13H2,1-3H3,(H,22,24)(H,23,25). The summed E-state index contributed by atoms with van der Waals surface area (Å²) in [5, 5.41) is 6.37. The lowest BCUT2D eigenvalue weighted by atomic mass is 10.0. The highest BCUT2D eigenvalue weighted by Gasteiger charge is 2.18. The van der Waals surface area contributed by atoms with E-state index in [4.69, 9.17) is 11.6 Å². The van der Waals surface area contributed by atoms with Crippen molar-refractivity contribution in [2.45, 2.75) is 39.2 Å². The predicted octanol–water partition coefficient (Wildman–Crippen LogP) is 4.44. The molecule has 25 heavy (non-hydrogen) atoms. The monoisotopic (exact) mass is 358 g/mol. The molecule has 2 amide bonds. The summed E-state index contributed by atoms with van der Waals surface area (Å²) in [6.45, 7) is 5.99. The van der Waals surface area contributed by atoms with E-state index in [1.807, 2.05) is 39.0 Å². The summed E-state index contributed by atoms with van der Waals surface area (Å²) in [7, 11) is 0. The van der Waals surface area contributed by atoms with Gasteiger partial charge in [0.2, 0.25) is 5.91 Å². The Labute approximate surface area is 153 Å². The van der Waals surface area contributed by atoms with Crippen molar-refractivity contribution in [1.82, 2.24) is 5.32 Å². The highest BCUT2D eigenvalue weighted by atomic mass is 35.5.